The number of hydrogen-bond acceptors (Lipinski definition) is 0. The molecule has 0 bridgehead atoms. The van der Waals surface area contributed by atoms with Crippen molar-refractivity contribution in [1.29, 1.82) is 0 Å². The van der Waals surface area contributed by atoms with Crippen molar-refractivity contribution < 1.29 is 0 Å². The van der Waals surface area contributed by atoms with Crippen molar-refractivity contribution in [3.8, 4) is 0 Å². The number of alkyl halides is 1. The van der Waals surface area contributed by atoms with Gasteiger partial charge in [-0.05, 0) is 37.8 Å². The van der Waals surface area contributed by atoms with Crippen LogP contribution in [0, 0.1) is 0 Å². The number of aryl methyl sites for hydroxylation is 1. The minimum absolute atomic E-state index is 0.0799. The van der Waals surface area contributed by atoms with Crippen molar-refractivity contribution in [2.24, 2.45) is 0 Å². The lowest BCUT2D eigenvalue weighted by Gasteiger charge is -2.21. The van der Waals surface area contributed by atoms with E-state index in [-0.39, 0.29) is 4.32 Å². The van der Waals surface area contributed by atoms with Crippen LogP contribution in [0.2, 0.25) is 0 Å². The molecule has 198 valence electrons. The van der Waals surface area contributed by atoms with Gasteiger partial charge in [-0.3, -0.25) is 0 Å². The third-order valence-corrected chi connectivity index (χ3v) is 7.88. The van der Waals surface area contributed by atoms with E-state index >= 15 is 0 Å². The van der Waals surface area contributed by atoms with Gasteiger partial charge >= 0.3 is 0 Å². The van der Waals surface area contributed by atoms with E-state index in [1.807, 2.05) is 0 Å². The van der Waals surface area contributed by atoms with Crippen LogP contribution in [0.15, 0.2) is 24.3 Å². The standard InChI is InChI=1S/C33H59Br/c1-4-5-6-7-8-9-10-11-12-13-14-15-16-17-18-19-20-21-22-23-24-25-28-31-29-26-27-30-32(31)33(2,3)34/h26-27,29-30H,4-25,28H2,1-3H3. The molecular formula is C33H59Br. The van der Waals surface area contributed by atoms with Gasteiger partial charge in [-0.1, -0.05) is 182 Å². The Labute approximate surface area is 223 Å². The number of halogens is 1. The SMILES string of the molecule is CCCCCCCCCCCCCCCCCCCCCCCCc1ccccc1C(C)(C)Br. The summed E-state index contributed by atoms with van der Waals surface area (Å²) in [5, 5.41) is 0. The molecule has 0 atom stereocenters. The highest BCUT2D eigenvalue weighted by Gasteiger charge is 2.18. The van der Waals surface area contributed by atoms with Gasteiger partial charge in [-0.25, -0.2) is 0 Å². The Hall–Kier alpha value is -0.300. The van der Waals surface area contributed by atoms with Crippen molar-refractivity contribution >= 4 is 15.9 Å². The highest BCUT2D eigenvalue weighted by molar-refractivity contribution is 9.09. The molecule has 1 heteroatoms. The molecule has 0 saturated carbocycles. The molecule has 0 amide bonds. The van der Waals surface area contributed by atoms with E-state index in [0.717, 1.165) is 0 Å². The van der Waals surface area contributed by atoms with Gasteiger partial charge in [0, 0.05) is 4.32 Å². The summed E-state index contributed by atoms with van der Waals surface area (Å²) >= 11 is 3.84. The van der Waals surface area contributed by atoms with Gasteiger partial charge < -0.3 is 0 Å². The first-order chi connectivity index (χ1) is 16.6. The van der Waals surface area contributed by atoms with E-state index in [9.17, 15) is 0 Å². The highest BCUT2D eigenvalue weighted by Crippen LogP contribution is 2.33. The minimum atomic E-state index is 0.0799. The fourth-order valence-corrected chi connectivity index (χ4v) is 5.63. The number of rotatable bonds is 24. The molecule has 0 fully saturated rings. The van der Waals surface area contributed by atoms with Crippen LogP contribution in [-0.2, 0) is 10.7 Å². The quantitative estimate of drug-likeness (QED) is 0.0912. The molecular weight excluding hydrogens is 476 g/mol. The third-order valence-electron chi connectivity index (χ3n) is 7.46. The number of benzene rings is 1. The molecule has 0 aromatic heterocycles. The molecule has 0 radical (unpaired) electrons. The zero-order valence-corrected chi connectivity index (χ0v) is 25.0. The molecule has 0 aliphatic carbocycles. The van der Waals surface area contributed by atoms with Crippen LogP contribution in [0.25, 0.3) is 0 Å². The first kappa shape index (κ1) is 31.7. The Bertz CT molecular complexity index is 556. The van der Waals surface area contributed by atoms with E-state index < -0.39 is 0 Å². The third kappa shape index (κ3) is 18.0. The van der Waals surface area contributed by atoms with Crippen LogP contribution < -0.4 is 0 Å². The average Bonchev–Trinajstić information content (AvgIpc) is 2.82. The molecule has 0 heterocycles. The second kappa shape index (κ2) is 21.9. The van der Waals surface area contributed by atoms with Gasteiger partial charge in [-0.15, -0.1) is 0 Å². The molecule has 1 aromatic carbocycles. The summed E-state index contributed by atoms with van der Waals surface area (Å²) in [5.41, 5.74) is 2.98. The maximum atomic E-state index is 3.84. The number of hydrogen-bond donors (Lipinski definition) is 0. The largest absolute Gasteiger partial charge is 0.0807 e. The Morgan fingerprint density at radius 2 is 0.824 bits per heavy atom. The van der Waals surface area contributed by atoms with E-state index in [0.29, 0.717) is 0 Å². The van der Waals surface area contributed by atoms with Crippen molar-refractivity contribution in [3.63, 3.8) is 0 Å². The van der Waals surface area contributed by atoms with Crippen molar-refractivity contribution in [1.82, 2.24) is 0 Å². The van der Waals surface area contributed by atoms with Crippen LogP contribution in [0.1, 0.15) is 173 Å². The predicted molar refractivity (Wildman–Crippen MR) is 159 cm³/mol. The Morgan fingerprint density at radius 1 is 0.500 bits per heavy atom. The fourth-order valence-electron chi connectivity index (χ4n) is 5.24. The van der Waals surface area contributed by atoms with Crippen molar-refractivity contribution in [2.45, 2.75) is 173 Å². The van der Waals surface area contributed by atoms with Crippen molar-refractivity contribution in [3.05, 3.63) is 35.4 Å². The van der Waals surface area contributed by atoms with E-state index in [1.54, 1.807) is 0 Å². The van der Waals surface area contributed by atoms with Crippen molar-refractivity contribution in [2.75, 3.05) is 0 Å². The second-order valence-corrected chi connectivity index (χ2v) is 13.3. The number of unbranched alkanes of at least 4 members (excludes halogenated alkanes) is 21. The zero-order valence-electron chi connectivity index (χ0n) is 23.5. The molecule has 1 aromatic rings. The molecule has 34 heavy (non-hydrogen) atoms. The molecule has 1 rings (SSSR count). The first-order valence-corrected chi connectivity index (χ1v) is 16.1. The maximum Gasteiger partial charge on any atom is 0.0452 e. The van der Waals surface area contributed by atoms with Gasteiger partial charge in [0.1, 0.15) is 0 Å². The summed E-state index contributed by atoms with van der Waals surface area (Å²) in [6.45, 7) is 6.81. The lowest BCUT2D eigenvalue weighted by atomic mass is 9.93. The average molecular weight is 536 g/mol. The Morgan fingerprint density at radius 3 is 1.18 bits per heavy atom. The van der Waals surface area contributed by atoms with E-state index in [1.165, 1.54) is 159 Å². The minimum Gasteiger partial charge on any atom is -0.0807 e. The lowest BCUT2D eigenvalue weighted by Crippen LogP contribution is -2.10. The normalized spacial score (nSPS) is 11.9. The van der Waals surface area contributed by atoms with Gasteiger partial charge in [-0.2, -0.15) is 0 Å². The summed E-state index contributed by atoms with van der Waals surface area (Å²) in [6.07, 6.45) is 33.2. The molecule has 0 aliphatic rings. The fraction of sp³-hybridized carbons (Fsp3) is 0.818. The maximum absolute atomic E-state index is 3.84. The predicted octanol–water partition coefficient (Wildman–Crippen LogP) is 12.5. The summed E-state index contributed by atoms with van der Waals surface area (Å²) in [7, 11) is 0. The first-order valence-electron chi connectivity index (χ1n) is 15.3. The van der Waals surface area contributed by atoms with E-state index in [4.69, 9.17) is 0 Å². The topological polar surface area (TPSA) is 0 Å². The van der Waals surface area contributed by atoms with Gasteiger partial charge in [0.2, 0.25) is 0 Å². The van der Waals surface area contributed by atoms with Gasteiger partial charge in [0.15, 0.2) is 0 Å². The smallest absolute Gasteiger partial charge is 0.0452 e. The highest BCUT2D eigenvalue weighted by atomic mass is 79.9. The van der Waals surface area contributed by atoms with Crippen LogP contribution in [0.4, 0.5) is 0 Å². The van der Waals surface area contributed by atoms with Crippen LogP contribution in [0.5, 0.6) is 0 Å². The van der Waals surface area contributed by atoms with E-state index in [2.05, 4.69) is 61.0 Å². The summed E-state index contributed by atoms with van der Waals surface area (Å²) < 4.78 is 0.0799. The Balaban J connectivity index is 1.79. The molecule has 0 aliphatic heterocycles. The Kier molecular flexibility index (Phi) is 20.5. The zero-order chi connectivity index (χ0) is 24.7. The lowest BCUT2D eigenvalue weighted by molar-refractivity contribution is 0.519. The van der Waals surface area contributed by atoms with Gasteiger partial charge in [0.05, 0.1) is 0 Å². The van der Waals surface area contributed by atoms with Crippen LogP contribution >= 0.6 is 15.9 Å². The van der Waals surface area contributed by atoms with Crippen LogP contribution in [-0.4, -0.2) is 0 Å². The molecule has 0 N–H and O–H groups in total. The second-order valence-electron chi connectivity index (χ2n) is 11.3. The molecule has 0 saturated heterocycles. The summed E-state index contributed by atoms with van der Waals surface area (Å²) in [6, 6.07) is 8.95. The monoisotopic (exact) mass is 534 g/mol. The molecule has 0 nitrogen and oxygen atoms in total. The van der Waals surface area contributed by atoms with Gasteiger partial charge in [0.25, 0.3) is 0 Å². The summed E-state index contributed by atoms with van der Waals surface area (Å²) in [4.78, 5) is 0. The molecule has 0 spiro atoms. The summed E-state index contributed by atoms with van der Waals surface area (Å²) in [5.74, 6) is 0. The van der Waals surface area contributed by atoms with Crippen LogP contribution in [0.3, 0.4) is 0 Å². The molecule has 0 unspecified atom stereocenters.